The second-order valence-electron chi connectivity index (χ2n) is 3.27. The molecule has 1 heterocycles. The SMILES string of the molecule is COc1ccc2c(Cl)nc(OC(C)=O)nc2c1.Cl. The zero-order valence-corrected chi connectivity index (χ0v) is 11.2. The van der Waals surface area contributed by atoms with Crippen LogP contribution in [-0.2, 0) is 4.79 Å². The van der Waals surface area contributed by atoms with E-state index in [0.29, 0.717) is 16.7 Å². The molecule has 18 heavy (non-hydrogen) atoms. The molecule has 7 heteroatoms. The van der Waals surface area contributed by atoms with Crippen molar-refractivity contribution in [2.45, 2.75) is 6.92 Å². The molecule has 0 aliphatic carbocycles. The quantitative estimate of drug-likeness (QED) is 0.628. The number of nitrogens with zero attached hydrogens (tertiary/aromatic N) is 2. The van der Waals surface area contributed by atoms with Crippen molar-refractivity contribution in [3.63, 3.8) is 0 Å². The minimum absolute atomic E-state index is 0. The molecule has 0 amide bonds. The van der Waals surface area contributed by atoms with Crippen molar-refractivity contribution < 1.29 is 14.3 Å². The molecular formula is C11H10Cl2N2O3. The molecule has 2 aromatic rings. The summed E-state index contributed by atoms with van der Waals surface area (Å²) >= 11 is 5.96. The Labute approximate surface area is 114 Å². The average Bonchev–Trinajstić information content (AvgIpc) is 2.27. The molecule has 0 bridgehead atoms. The Morgan fingerprint density at radius 1 is 1.33 bits per heavy atom. The highest BCUT2D eigenvalue weighted by Crippen LogP contribution is 2.26. The number of carbonyl (C=O) groups is 1. The van der Waals surface area contributed by atoms with Gasteiger partial charge in [0, 0.05) is 18.4 Å². The molecule has 0 unspecified atom stereocenters. The van der Waals surface area contributed by atoms with Gasteiger partial charge < -0.3 is 9.47 Å². The third kappa shape index (κ3) is 3.00. The number of esters is 1. The van der Waals surface area contributed by atoms with Crippen LogP contribution in [-0.4, -0.2) is 23.0 Å². The molecule has 2 rings (SSSR count). The van der Waals surface area contributed by atoms with Crippen molar-refractivity contribution >= 4 is 40.9 Å². The number of fused-ring (bicyclic) bond motifs is 1. The van der Waals surface area contributed by atoms with Crippen LogP contribution in [0.3, 0.4) is 0 Å². The molecule has 0 N–H and O–H groups in total. The number of aromatic nitrogens is 2. The van der Waals surface area contributed by atoms with E-state index in [9.17, 15) is 4.79 Å². The highest BCUT2D eigenvalue weighted by atomic mass is 35.5. The average molecular weight is 289 g/mol. The Morgan fingerprint density at radius 3 is 2.67 bits per heavy atom. The number of hydrogen-bond acceptors (Lipinski definition) is 5. The van der Waals surface area contributed by atoms with E-state index in [4.69, 9.17) is 21.1 Å². The number of halogens is 2. The molecule has 1 aromatic heterocycles. The fourth-order valence-corrected chi connectivity index (χ4v) is 1.58. The second kappa shape index (κ2) is 5.84. The van der Waals surface area contributed by atoms with Gasteiger partial charge in [-0.05, 0) is 12.1 Å². The van der Waals surface area contributed by atoms with Gasteiger partial charge in [0.25, 0.3) is 0 Å². The van der Waals surface area contributed by atoms with Gasteiger partial charge in [-0.3, -0.25) is 4.79 Å². The molecule has 0 saturated carbocycles. The molecule has 0 aliphatic rings. The fourth-order valence-electron chi connectivity index (χ4n) is 1.35. The lowest BCUT2D eigenvalue weighted by atomic mass is 10.2. The highest BCUT2D eigenvalue weighted by Gasteiger charge is 2.09. The maximum Gasteiger partial charge on any atom is 0.326 e. The van der Waals surface area contributed by atoms with E-state index in [-0.39, 0.29) is 23.6 Å². The van der Waals surface area contributed by atoms with Gasteiger partial charge in [-0.1, -0.05) is 11.6 Å². The molecule has 0 radical (unpaired) electrons. The Bertz CT molecular complexity index is 590. The minimum Gasteiger partial charge on any atom is -0.497 e. The van der Waals surface area contributed by atoms with Crippen molar-refractivity contribution in [1.29, 1.82) is 0 Å². The summed E-state index contributed by atoms with van der Waals surface area (Å²) in [5, 5.41) is 0.900. The van der Waals surface area contributed by atoms with Crippen molar-refractivity contribution in [3.8, 4) is 11.8 Å². The first-order valence-corrected chi connectivity index (χ1v) is 5.17. The Morgan fingerprint density at radius 2 is 2.06 bits per heavy atom. The minimum atomic E-state index is -0.497. The summed E-state index contributed by atoms with van der Waals surface area (Å²) in [5.74, 6) is 0.143. The third-order valence-corrected chi connectivity index (χ3v) is 2.36. The first-order chi connectivity index (χ1) is 8.10. The summed E-state index contributed by atoms with van der Waals surface area (Å²) in [7, 11) is 1.55. The maximum absolute atomic E-state index is 10.8. The van der Waals surface area contributed by atoms with E-state index in [0.717, 1.165) is 0 Å². The van der Waals surface area contributed by atoms with Crippen LogP contribution in [0, 0.1) is 0 Å². The summed E-state index contributed by atoms with van der Waals surface area (Å²) in [6, 6.07) is 5.12. The normalized spacial score (nSPS) is 9.72. The molecule has 0 spiro atoms. The molecule has 0 saturated heterocycles. The fraction of sp³-hybridized carbons (Fsp3) is 0.182. The Hall–Kier alpha value is -1.59. The van der Waals surface area contributed by atoms with E-state index >= 15 is 0 Å². The first kappa shape index (κ1) is 14.5. The van der Waals surface area contributed by atoms with Crippen LogP contribution in [0.4, 0.5) is 0 Å². The lowest BCUT2D eigenvalue weighted by molar-refractivity contribution is -0.132. The highest BCUT2D eigenvalue weighted by molar-refractivity contribution is 6.34. The van der Waals surface area contributed by atoms with E-state index in [2.05, 4.69) is 9.97 Å². The number of hydrogen-bond donors (Lipinski definition) is 0. The molecule has 0 aliphatic heterocycles. The monoisotopic (exact) mass is 288 g/mol. The smallest absolute Gasteiger partial charge is 0.326 e. The first-order valence-electron chi connectivity index (χ1n) is 4.80. The van der Waals surface area contributed by atoms with Crippen LogP contribution in [0.25, 0.3) is 10.9 Å². The van der Waals surface area contributed by atoms with Gasteiger partial charge in [0.15, 0.2) is 0 Å². The predicted octanol–water partition coefficient (Wildman–Crippen LogP) is 2.64. The van der Waals surface area contributed by atoms with Crippen LogP contribution in [0.2, 0.25) is 5.15 Å². The summed E-state index contributed by atoms with van der Waals surface area (Å²) in [4.78, 5) is 18.7. The number of ether oxygens (including phenoxy) is 2. The van der Waals surface area contributed by atoms with Crippen LogP contribution in [0.1, 0.15) is 6.92 Å². The topological polar surface area (TPSA) is 61.3 Å². The van der Waals surface area contributed by atoms with Crippen molar-refractivity contribution in [2.75, 3.05) is 7.11 Å². The van der Waals surface area contributed by atoms with Gasteiger partial charge in [-0.25, -0.2) is 0 Å². The Balaban J connectivity index is 0.00000162. The van der Waals surface area contributed by atoms with Gasteiger partial charge in [0.05, 0.1) is 12.6 Å². The van der Waals surface area contributed by atoms with Gasteiger partial charge in [-0.15, -0.1) is 12.4 Å². The molecule has 0 atom stereocenters. The molecule has 96 valence electrons. The molecular weight excluding hydrogens is 279 g/mol. The van der Waals surface area contributed by atoms with Crippen molar-refractivity contribution in [2.24, 2.45) is 0 Å². The molecule has 0 fully saturated rings. The predicted molar refractivity (Wildman–Crippen MR) is 69.7 cm³/mol. The number of carbonyl (C=O) groups excluding carboxylic acids is 1. The molecule has 5 nitrogen and oxygen atoms in total. The van der Waals surface area contributed by atoms with E-state index < -0.39 is 5.97 Å². The van der Waals surface area contributed by atoms with Gasteiger partial charge in [0.1, 0.15) is 10.9 Å². The van der Waals surface area contributed by atoms with Gasteiger partial charge in [0.2, 0.25) is 0 Å². The summed E-state index contributed by atoms with van der Waals surface area (Å²) < 4.78 is 9.86. The maximum atomic E-state index is 10.8. The zero-order chi connectivity index (χ0) is 12.4. The van der Waals surface area contributed by atoms with E-state index in [1.807, 2.05) is 0 Å². The van der Waals surface area contributed by atoms with Crippen LogP contribution >= 0.6 is 24.0 Å². The number of benzene rings is 1. The van der Waals surface area contributed by atoms with Crippen molar-refractivity contribution in [3.05, 3.63) is 23.4 Å². The summed E-state index contributed by atoms with van der Waals surface area (Å²) in [6.45, 7) is 1.27. The van der Waals surface area contributed by atoms with E-state index in [1.54, 1.807) is 25.3 Å². The standard InChI is InChI=1S/C11H9ClN2O3.ClH/c1-6(15)17-11-13-9-5-7(16-2)3-4-8(9)10(12)14-11;/h3-5H,1-2H3;1H. The lowest BCUT2D eigenvalue weighted by Gasteiger charge is -2.05. The van der Waals surface area contributed by atoms with Crippen molar-refractivity contribution in [1.82, 2.24) is 9.97 Å². The van der Waals surface area contributed by atoms with Crippen LogP contribution < -0.4 is 9.47 Å². The summed E-state index contributed by atoms with van der Waals surface area (Å²) in [5.41, 5.74) is 0.556. The van der Waals surface area contributed by atoms with E-state index in [1.165, 1.54) is 6.92 Å². The molecule has 1 aromatic carbocycles. The van der Waals surface area contributed by atoms with Gasteiger partial charge in [-0.2, -0.15) is 9.97 Å². The second-order valence-corrected chi connectivity index (χ2v) is 3.63. The summed E-state index contributed by atoms with van der Waals surface area (Å²) in [6.07, 6.45) is 0. The number of rotatable bonds is 2. The third-order valence-electron chi connectivity index (χ3n) is 2.07. The van der Waals surface area contributed by atoms with Gasteiger partial charge >= 0.3 is 12.0 Å². The lowest BCUT2D eigenvalue weighted by Crippen LogP contribution is -2.05. The number of methoxy groups -OCH3 is 1. The zero-order valence-electron chi connectivity index (χ0n) is 9.64. The van der Waals surface area contributed by atoms with Crippen LogP contribution in [0.5, 0.6) is 11.8 Å². The van der Waals surface area contributed by atoms with Crippen LogP contribution in [0.15, 0.2) is 18.2 Å². The Kier molecular flexibility index (Phi) is 4.69. The largest absolute Gasteiger partial charge is 0.497 e.